The molecule has 1 aromatic carbocycles. The molecule has 0 bridgehead atoms. The SMILES string of the molecule is CCN(CC)C(=O)c1ccc(NC(=O)C[NH+]2CC[C@@H]3CCCC[C@@H]3C2)cc1. The van der Waals surface area contributed by atoms with Crippen molar-refractivity contribution in [2.75, 3.05) is 38.0 Å². The van der Waals surface area contributed by atoms with Crippen molar-refractivity contribution in [3.05, 3.63) is 29.8 Å². The molecule has 0 spiro atoms. The molecule has 0 aromatic heterocycles. The number of quaternary nitrogens is 1. The number of benzene rings is 1. The predicted octanol–water partition coefficient (Wildman–Crippen LogP) is 2.20. The van der Waals surface area contributed by atoms with Gasteiger partial charge in [-0.05, 0) is 63.3 Å². The molecule has 2 N–H and O–H groups in total. The fourth-order valence-electron chi connectivity index (χ4n) is 4.78. The zero-order chi connectivity index (χ0) is 19.2. The second-order valence-electron chi connectivity index (χ2n) is 8.08. The van der Waals surface area contributed by atoms with E-state index in [1.54, 1.807) is 17.0 Å². The Morgan fingerprint density at radius 3 is 2.37 bits per heavy atom. The molecule has 1 heterocycles. The van der Waals surface area contributed by atoms with Gasteiger partial charge in [0.2, 0.25) is 0 Å². The Kier molecular flexibility index (Phi) is 6.89. The third-order valence-electron chi connectivity index (χ3n) is 6.36. The van der Waals surface area contributed by atoms with Crippen molar-refractivity contribution in [2.24, 2.45) is 11.8 Å². The normalized spacial score (nSPS) is 24.7. The Bertz CT molecular complexity index is 639. The van der Waals surface area contributed by atoms with Gasteiger partial charge in [-0.3, -0.25) is 9.59 Å². The lowest BCUT2D eigenvalue weighted by Crippen LogP contribution is -3.15. The topological polar surface area (TPSA) is 53.9 Å². The van der Waals surface area contributed by atoms with E-state index in [4.69, 9.17) is 0 Å². The van der Waals surface area contributed by atoms with Gasteiger partial charge in [0, 0.05) is 30.3 Å². The minimum atomic E-state index is 0.0395. The Balaban J connectivity index is 1.50. The predicted molar refractivity (Wildman–Crippen MR) is 108 cm³/mol. The number of piperidine rings is 1. The van der Waals surface area contributed by atoms with Crippen LogP contribution < -0.4 is 10.2 Å². The molecule has 148 valence electrons. The summed E-state index contributed by atoms with van der Waals surface area (Å²) in [6, 6.07) is 7.27. The molecule has 27 heavy (non-hydrogen) atoms. The van der Waals surface area contributed by atoms with E-state index < -0.39 is 0 Å². The monoisotopic (exact) mass is 372 g/mol. The molecule has 1 aliphatic carbocycles. The lowest BCUT2D eigenvalue weighted by molar-refractivity contribution is -0.902. The lowest BCUT2D eigenvalue weighted by atomic mass is 9.75. The minimum Gasteiger partial charge on any atom is -0.339 e. The molecule has 1 saturated heterocycles. The van der Waals surface area contributed by atoms with Crippen molar-refractivity contribution in [1.29, 1.82) is 0 Å². The van der Waals surface area contributed by atoms with Crippen LogP contribution in [0.4, 0.5) is 5.69 Å². The van der Waals surface area contributed by atoms with E-state index in [9.17, 15) is 9.59 Å². The smallest absolute Gasteiger partial charge is 0.279 e. The molecule has 1 unspecified atom stereocenters. The number of carbonyl (C=O) groups is 2. The van der Waals surface area contributed by atoms with E-state index in [0.29, 0.717) is 25.2 Å². The highest BCUT2D eigenvalue weighted by Crippen LogP contribution is 2.32. The van der Waals surface area contributed by atoms with Crippen molar-refractivity contribution in [3.8, 4) is 0 Å². The zero-order valence-electron chi connectivity index (χ0n) is 16.8. The summed E-state index contributed by atoms with van der Waals surface area (Å²) in [7, 11) is 0. The number of hydrogen-bond acceptors (Lipinski definition) is 2. The lowest BCUT2D eigenvalue weighted by Gasteiger charge is -2.38. The van der Waals surface area contributed by atoms with E-state index in [1.807, 2.05) is 26.0 Å². The third kappa shape index (κ3) is 5.10. The van der Waals surface area contributed by atoms with Crippen LogP contribution >= 0.6 is 0 Å². The van der Waals surface area contributed by atoms with Crippen molar-refractivity contribution in [3.63, 3.8) is 0 Å². The Hall–Kier alpha value is -1.88. The molecule has 1 saturated carbocycles. The summed E-state index contributed by atoms with van der Waals surface area (Å²) < 4.78 is 0. The highest BCUT2D eigenvalue weighted by atomic mass is 16.2. The molecule has 3 atom stereocenters. The molecule has 0 radical (unpaired) electrons. The minimum absolute atomic E-state index is 0.0395. The van der Waals surface area contributed by atoms with Gasteiger partial charge in [0.05, 0.1) is 13.1 Å². The van der Waals surface area contributed by atoms with Gasteiger partial charge in [-0.15, -0.1) is 0 Å². The average molecular weight is 373 g/mol. The number of hydrogen-bond donors (Lipinski definition) is 2. The van der Waals surface area contributed by atoms with E-state index in [2.05, 4.69) is 5.32 Å². The summed E-state index contributed by atoms with van der Waals surface area (Å²) in [4.78, 5) is 28.0. The van der Waals surface area contributed by atoms with Gasteiger partial charge in [-0.2, -0.15) is 0 Å². The van der Waals surface area contributed by atoms with Gasteiger partial charge in [0.15, 0.2) is 6.54 Å². The number of nitrogens with zero attached hydrogens (tertiary/aromatic N) is 1. The largest absolute Gasteiger partial charge is 0.339 e. The maximum atomic E-state index is 12.5. The Morgan fingerprint density at radius 2 is 1.70 bits per heavy atom. The van der Waals surface area contributed by atoms with Gasteiger partial charge in [-0.1, -0.05) is 12.8 Å². The maximum Gasteiger partial charge on any atom is 0.279 e. The average Bonchev–Trinajstić information content (AvgIpc) is 2.69. The van der Waals surface area contributed by atoms with Gasteiger partial charge in [0.25, 0.3) is 11.8 Å². The first kappa shape index (κ1) is 19.9. The first-order valence-electron chi connectivity index (χ1n) is 10.6. The number of amides is 2. The Labute approximate surface area is 163 Å². The fourth-order valence-corrected chi connectivity index (χ4v) is 4.78. The van der Waals surface area contributed by atoms with Gasteiger partial charge >= 0.3 is 0 Å². The number of anilines is 1. The first-order chi connectivity index (χ1) is 13.1. The third-order valence-corrected chi connectivity index (χ3v) is 6.36. The van der Waals surface area contributed by atoms with Crippen molar-refractivity contribution >= 4 is 17.5 Å². The van der Waals surface area contributed by atoms with Crippen molar-refractivity contribution in [2.45, 2.75) is 46.0 Å². The molecular formula is C22H34N3O2+. The molecular weight excluding hydrogens is 338 g/mol. The van der Waals surface area contributed by atoms with Gasteiger partial charge in [0.1, 0.15) is 0 Å². The summed E-state index contributed by atoms with van der Waals surface area (Å²) in [6.45, 7) is 8.18. The van der Waals surface area contributed by atoms with E-state index >= 15 is 0 Å². The summed E-state index contributed by atoms with van der Waals surface area (Å²) in [5.74, 6) is 1.84. The number of likely N-dealkylation sites (tertiary alicyclic amines) is 1. The van der Waals surface area contributed by atoms with E-state index in [-0.39, 0.29) is 11.8 Å². The van der Waals surface area contributed by atoms with Crippen LogP contribution in [-0.2, 0) is 4.79 Å². The molecule has 2 fully saturated rings. The zero-order valence-corrected chi connectivity index (χ0v) is 16.8. The first-order valence-corrected chi connectivity index (χ1v) is 10.6. The van der Waals surface area contributed by atoms with Crippen molar-refractivity contribution < 1.29 is 14.5 Å². The summed E-state index contributed by atoms with van der Waals surface area (Å²) in [6.07, 6.45) is 6.76. The van der Waals surface area contributed by atoms with E-state index in [0.717, 1.165) is 30.6 Å². The summed E-state index contributed by atoms with van der Waals surface area (Å²) >= 11 is 0. The quantitative estimate of drug-likeness (QED) is 0.804. The summed E-state index contributed by atoms with van der Waals surface area (Å²) in [5, 5.41) is 3.00. The second-order valence-corrected chi connectivity index (χ2v) is 8.08. The second kappa shape index (κ2) is 9.36. The van der Waals surface area contributed by atoms with Crippen LogP contribution in [0.1, 0.15) is 56.3 Å². The molecule has 3 rings (SSSR count). The van der Waals surface area contributed by atoms with Crippen LogP contribution in [-0.4, -0.2) is 49.4 Å². The molecule has 1 aliphatic heterocycles. The van der Waals surface area contributed by atoms with Crippen LogP contribution in [0.3, 0.4) is 0 Å². The highest BCUT2D eigenvalue weighted by Gasteiger charge is 2.34. The van der Waals surface area contributed by atoms with Crippen molar-refractivity contribution in [1.82, 2.24) is 4.90 Å². The number of carbonyl (C=O) groups excluding carboxylic acids is 2. The van der Waals surface area contributed by atoms with E-state index in [1.165, 1.54) is 37.0 Å². The van der Waals surface area contributed by atoms with Crippen LogP contribution in [0, 0.1) is 11.8 Å². The highest BCUT2D eigenvalue weighted by molar-refractivity contribution is 5.96. The fraction of sp³-hybridized carbons (Fsp3) is 0.636. The number of fused-ring (bicyclic) bond motifs is 1. The van der Waals surface area contributed by atoms with Crippen LogP contribution in [0.15, 0.2) is 24.3 Å². The standard InChI is InChI=1S/C22H33N3O2/c1-3-25(4-2)22(27)18-9-11-20(12-10-18)23-21(26)16-24-14-13-17-7-5-6-8-19(17)15-24/h9-12,17,19H,3-8,13-16H2,1-2H3,(H,23,26)/p+1/t17-,19+/m0/s1. The molecule has 1 aromatic rings. The molecule has 2 amide bonds. The van der Waals surface area contributed by atoms with Gasteiger partial charge in [-0.25, -0.2) is 0 Å². The molecule has 2 aliphatic rings. The van der Waals surface area contributed by atoms with Crippen LogP contribution in [0.5, 0.6) is 0 Å². The van der Waals surface area contributed by atoms with Gasteiger partial charge < -0.3 is 15.1 Å². The molecule has 5 nitrogen and oxygen atoms in total. The summed E-state index contributed by atoms with van der Waals surface area (Å²) in [5.41, 5.74) is 1.43. The number of rotatable bonds is 6. The van der Waals surface area contributed by atoms with Crippen LogP contribution in [0.2, 0.25) is 0 Å². The Morgan fingerprint density at radius 1 is 1.04 bits per heavy atom. The molecule has 5 heteroatoms. The van der Waals surface area contributed by atoms with Crippen LogP contribution in [0.25, 0.3) is 0 Å². The number of nitrogens with one attached hydrogen (secondary N) is 2. The maximum absolute atomic E-state index is 12.5.